The molecule has 0 atom stereocenters. The predicted molar refractivity (Wildman–Crippen MR) is 89.6 cm³/mol. The highest BCUT2D eigenvalue weighted by molar-refractivity contribution is 5.98. The van der Waals surface area contributed by atoms with E-state index in [4.69, 9.17) is 13.9 Å². The van der Waals surface area contributed by atoms with Crippen LogP contribution in [0.2, 0.25) is 0 Å². The topological polar surface area (TPSA) is 60.7 Å². The maximum Gasteiger partial charge on any atom is 0.287 e. The number of hydrogen-bond acceptors (Lipinski definition) is 4. The molecule has 3 aromatic rings. The second-order valence-electron chi connectivity index (χ2n) is 5.71. The van der Waals surface area contributed by atoms with Crippen LogP contribution in [0, 0.1) is 6.92 Å². The van der Waals surface area contributed by atoms with Gasteiger partial charge < -0.3 is 19.2 Å². The van der Waals surface area contributed by atoms with Gasteiger partial charge in [-0.1, -0.05) is 24.3 Å². The molecular weight excluding hydrogens is 306 g/mol. The lowest BCUT2D eigenvalue weighted by atomic mass is 10.1. The van der Waals surface area contributed by atoms with E-state index in [2.05, 4.69) is 5.32 Å². The van der Waals surface area contributed by atoms with E-state index in [0.717, 1.165) is 27.8 Å². The third-order valence-electron chi connectivity index (χ3n) is 4.11. The molecule has 0 saturated carbocycles. The molecule has 1 N–H and O–H groups in total. The number of benzene rings is 2. The maximum atomic E-state index is 12.4. The third kappa shape index (κ3) is 2.58. The zero-order valence-corrected chi connectivity index (χ0v) is 13.3. The highest BCUT2D eigenvalue weighted by Crippen LogP contribution is 2.30. The average Bonchev–Trinajstić information content (AvgIpc) is 2.97. The van der Waals surface area contributed by atoms with Gasteiger partial charge in [0.05, 0.1) is 0 Å². The molecule has 1 aromatic heterocycles. The Labute approximate surface area is 139 Å². The van der Waals surface area contributed by atoms with E-state index in [9.17, 15) is 4.79 Å². The Bertz CT molecular complexity index is 913. The van der Waals surface area contributed by atoms with Crippen molar-refractivity contribution in [2.45, 2.75) is 13.5 Å². The smallest absolute Gasteiger partial charge is 0.287 e. The van der Waals surface area contributed by atoms with Crippen molar-refractivity contribution in [2.24, 2.45) is 0 Å². The maximum absolute atomic E-state index is 12.4. The van der Waals surface area contributed by atoms with E-state index in [1.807, 2.05) is 49.4 Å². The monoisotopic (exact) mass is 323 g/mol. The van der Waals surface area contributed by atoms with Gasteiger partial charge in [0, 0.05) is 17.5 Å². The van der Waals surface area contributed by atoms with Gasteiger partial charge in [0.25, 0.3) is 5.91 Å². The van der Waals surface area contributed by atoms with Crippen molar-refractivity contribution in [1.82, 2.24) is 5.32 Å². The molecule has 1 aliphatic rings. The van der Waals surface area contributed by atoms with Crippen LogP contribution in [0.3, 0.4) is 0 Å². The number of furan rings is 1. The highest BCUT2D eigenvalue weighted by atomic mass is 16.6. The quantitative estimate of drug-likeness (QED) is 0.802. The molecule has 5 nitrogen and oxygen atoms in total. The van der Waals surface area contributed by atoms with Gasteiger partial charge in [0.2, 0.25) is 0 Å². The van der Waals surface area contributed by atoms with Crippen molar-refractivity contribution < 1.29 is 18.7 Å². The summed E-state index contributed by atoms with van der Waals surface area (Å²) in [5.41, 5.74) is 2.52. The number of fused-ring (bicyclic) bond motifs is 2. The van der Waals surface area contributed by atoms with Crippen molar-refractivity contribution >= 4 is 16.9 Å². The lowest BCUT2D eigenvalue weighted by molar-refractivity contribution is 0.0924. The van der Waals surface area contributed by atoms with Gasteiger partial charge in [0.1, 0.15) is 18.8 Å². The summed E-state index contributed by atoms with van der Waals surface area (Å²) < 4.78 is 16.7. The molecule has 1 amide bonds. The molecule has 0 bridgehead atoms. The minimum absolute atomic E-state index is 0.224. The van der Waals surface area contributed by atoms with E-state index in [1.165, 1.54) is 0 Å². The van der Waals surface area contributed by atoms with Gasteiger partial charge in [0.15, 0.2) is 17.3 Å². The minimum atomic E-state index is -0.224. The Morgan fingerprint density at radius 2 is 1.88 bits per heavy atom. The van der Waals surface area contributed by atoms with Crippen molar-refractivity contribution in [3.05, 3.63) is 59.4 Å². The number of amides is 1. The first-order valence-electron chi connectivity index (χ1n) is 7.87. The molecule has 0 spiro atoms. The van der Waals surface area contributed by atoms with E-state index in [0.29, 0.717) is 31.3 Å². The van der Waals surface area contributed by atoms with Crippen LogP contribution in [0.5, 0.6) is 11.5 Å². The van der Waals surface area contributed by atoms with Crippen molar-refractivity contribution in [1.29, 1.82) is 0 Å². The van der Waals surface area contributed by atoms with E-state index in [1.54, 1.807) is 0 Å². The van der Waals surface area contributed by atoms with E-state index < -0.39 is 0 Å². The van der Waals surface area contributed by atoms with Crippen LogP contribution in [-0.4, -0.2) is 19.1 Å². The first-order chi connectivity index (χ1) is 11.7. The number of hydrogen-bond donors (Lipinski definition) is 1. The molecule has 0 saturated heterocycles. The zero-order valence-electron chi connectivity index (χ0n) is 13.3. The Balaban J connectivity index is 1.51. The van der Waals surface area contributed by atoms with Crippen LogP contribution in [0.4, 0.5) is 0 Å². The SMILES string of the molecule is Cc1c(C(=O)NCc2ccc3c(c2)OCCO3)oc2ccccc12. The summed E-state index contributed by atoms with van der Waals surface area (Å²) in [6, 6.07) is 13.3. The number of ether oxygens (including phenoxy) is 2. The van der Waals surface area contributed by atoms with Crippen molar-refractivity contribution in [3.63, 3.8) is 0 Å². The lowest BCUT2D eigenvalue weighted by Gasteiger charge is -2.18. The first kappa shape index (κ1) is 14.6. The number of carbonyl (C=O) groups is 1. The molecule has 24 heavy (non-hydrogen) atoms. The fourth-order valence-electron chi connectivity index (χ4n) is 2.85. The molecule has 2 aromatic carbocycles. The number of rotatable bonds is 3. The van der Waals surface area contributed by atoms with Crippen LogP contribution >= 0.6 is 0 Å². The summed E-state index contributed by atoms with van der Waals surface area (Å²) in [5.74, 6) is 1.59. The van der Waals surface area contributed by atoms with Crippen LogP contribution in [0.1, 0.15) is 21.7 Å². The summed E-state index contributed by atoms with van der Waals surface area (Å²) in [6.45, 7) is 3.40. The largest absolute Gasteiger partial charge is 0.486 e. The van der Waals surface area contributed by atoms with Crippen LogP contribution in [0.15, 0.2) is 46.9 Å². The van der Waals surface area contributed by atoms with Crippen molar-refractivity contribution in [3.8, 4) is 11.5 Å². The molecule has 122 valence electrons. The highest BCUT2D eigenvalue weighted by Gasteiger charge is 2.17. The minimum Gasteiger partial charge on any atom is -0.486 e. The third-order valence-corrected chi connectivity index (χ3v) is 4.11. The Morgan fingerprint density at radius 3 is 2.71 bits per heavy atom. The molecule has 0 unspecified atom stereocenters. The molecular formula is C19H17NO4. The molecule has 2 heterocycles. The summed E-state index contributed by atoms with van der Waals surface area (Å²) in [4.78, 5) is 12.4. The van der Waals surface area contributed by atoms with Gasteiger partial charge in [-0.25, -0.2) is 0 Å². The van der Waals surface area contributed by atoms with Gasteiger partial charge in [-0.2, -0.15) is 0 Å². The van der Waals surface area contributed by atoms with Gasteiger partial charge >= 0.3 is 0 Å². The second-order valence-corrected chi connectivity index (χ2v) is 5.71. The van der Waals surface area contributed by atoms with Crippen LogP contribution < -0.4 is 14.8 Å². The Kier molecular flexibility index (Phi) is 3.61. The fourth-order valence-corrected chi connectivity index (χ4v) is 2.85. The summed E-state index contributed by atoms with van der Waals surface area (Å²) in [7, 11) is 0. The molecule has 0 fully saturated rings. The summed E-state index contributed by atoms with van der Waals surface area (Å²) >= 11 is 0. The number of para-hydroxylation sites is 1. The molecule has 4 rings (SSSR count). The standard InChI is InChI=1S/C19H17NO4/c1-12-14-4-2-3-5-15(14)24-18(12)19(21)20-11-13-6-7-16-17(10-13)23-9-8-22-16/h2-7,10H,8-9,11H2,1H3,(H,20,21). The molecule has 5 heteroatoms. The van der Waals surface area contributed by atoms with Gasteiger partial charge in [-0.05, 0) is 30.7 Å². The van der Waals surface area contributed by atoms with E-state index in [-0.39, 0.29) is 5.91 Å². The zero-order chi connectivity index (χ0) is 16.5. The van der Waals surface area contributed by atoms with Gasteiger partial charge in [-0.3, -0.25) is 4.79 Å². The number of nitrogens with one attached hydrogen (secondary N) is 1. The summed E-state index contributed by atoms with van der Waals surface area (Å²) in [5, 5.41) is 3.85. The number of aryl methyl sites for hydroxylation is 1. The second kappa shape index (κ2) is 5.92. The summed E-state index contributed by atoms with van der Waals surface area (Å²) in [6.07, 6.45) is 0. The van der Waals surface area contributed by atoms with Gasteiger partial charge in [-0.15, -0.1) is 0 Å². The Hall–Kier alpha value is -2.95. The Morgan fingerprint density at radius 1 is 1.08 bits per heavy atom. The normalized spacial score (nSPS) is 13.0. The van der Waals surface area contributed by atoms with E-state index >= 15 is 0 Å². The van der Waals surface area contributed by atoms with Crippen LogP contribution in [-0.2, 0) is 6.54 Å². The average molecular weight is 323 g/mol. The molecule has 1 aliphatic heterocycles. The predicted octanol–water partition coefficient (Wildman–Crippen LogP) is 3.44. The first-order valence-corrected chi connectivity index (χ1v) is 7.87. The molecule has 0 radical (unpaired) electrons. The number of carbonyl (C=O) groups excluding carboxylic acids is 1. The van der Waals surface area contributed by atoms with Crippen molar-refractivity contribution in [2.75, 3.05) is 13.2 Å². The fraction of sp³-hybridized carbons (Fsp3) is 0.211. The van der Waals surface area contributed by atoms with Crippen LogP contribution in [0.25, 0.3) is 11.0 Å². The lowest BCUT2D eigenvalue weighted by Crippen LogP contribution is -2.23. The molecule has 0 aliphatic carbocycles.